The number of allylic oxidation sites excluding steroid dienone is 6. The second kappa shape index (κ2) is 12.9. The molecule has 0 radical (unpaired) electrons. The van der Waals surface area contributed by atoms with Gasteiger partial charge in [0.25, 0.3) is 0 Å². The minimum atomic E-state index is 0.0789. The lowest BCUT2D eigenvalue weighted by molar-refractivity contribution is 0.103. The molecule has 2 N–H and O–H groups in total. The minimum Gasteiger partial charge on any atom is -0.386 e. The highest BCUT2D eigenvalue weighted by Gasteiger charge is 2.19. The first-order valence-electron chi connectivity index (χ1n) is 9.97. The molecule has 0 fully saturated rings. The molecule has 0 spiro atoms. The molecule has 1 atom stereocenters. The molecule has 4 heteroatoms. The fourth-order valence-corrected chi connectivity index (χ4v) is 3.44. The molecule has 0 amide bonds. The number of Topliss-reactive ketones (excluding diaryl/α,β-unsaturated/α-hetero) is 1. The largest absolute Gasteiger partial charge is 0.386 e. The van der Waals surface area contributed by atoms with Crippen LogP contribution in [0.5, 0.6) is 0 Å². The second-order valence-electron chi connectivity index (χ2n) is 5.84. The monoisotopic (exact) mass is 396 g/mol. The van der Waals surface area contributed by atoms with Crippen molar-refractivity contribution in [1.29, 1.82) is 0 Å². The molecular formula is C24H32N2OS. The van der Waals surface area contributed by atoms with Gasteiger partial charge in [-0.3, -0.25) is 4.79 Å². The Balaban J connectivity index is 0.000000921. The van der Waals surface area contributed by atoms with Gasteiger partial charge in [-0.25, -0.2) is 4.99 Å². The molecular weight excluding hydrogens is 364 g/mol. The molecule has 1 aliphatic heterocycles. The Morgan fingerprint density at radius 1 is 1.14 bits per heavy atom. The van der Waals surface area contributed by atoms with Crippen molar-refractivity contribution in [2.45, 2.75) is 41.0 Å². The zero-order chi connectivity index (χ0) is 20.9. The van der Waals surface area contributed by atoms with Crippen molar-refractivity contribution < 1.29 is 4.79 Å². The highest BCUT2D eigenvalue weighted by atomic mass is 32.2. The molecule has 0 saturated carbocycles. The first-order chi connectivity index (χ1) is 13.6. The number of nitrogens with two attached hydrogens (primary N) is 1. The summed E-state index contributed by atoms with van der Waals surface area (Å²) >= 11 is 1.66. The highest BCUT2D eigenvalue weighted by Crippen LogP contribution is 2.30. The van der Waals surface area contributed by atoms with Crippen LogP contribution in [-0.2, 0) is 0 Å². The predicted molar refractivity (Wildman–Crippen MR) is 125 cm³/mol. The lowest BCUT2D eigenvalue weighted by Crippen LogP contribution is -2.18. The van der Waals surface area contributed by atoms with E-state index in [-0.39, 0.29) is 11.7 Å². The van der Waals surface area contributed by atoms with Crippen LogP contribution in [0.2, 0.25) is 0 Å². The molecule has 1 aliphatic carbocycles. The lowest BCUT2D eigenvalue weighted by Gasteiger charge is -2.17. The Morgan fingerprint density at radius 2 is 1.82 bits per heavy atom. The average Bonchev–Trinajstić information content (AvgIpc) is 3.02. The molecule has 3 nitrogen and oxygen atoms in total. The maximum Gasteiger partial charge on any atom is 0.189 e. The van der Waals surface area contributed by atoms with Gasteiger partial charge in [-0.15, -0.1) is 11.8 Å². The molecule has 1 unspecified atom stereocenters. The van der Waals surface area contributed by atoms with Crippen LogP contribution in [-0.4, -0.2) is 17.4 Å². The van der Waals surface area contributed by atoms with Gasteiger partial charge in [0, 0.05) is 17.1 Å². The number of carbonyl (C=O) groups is 1. The van der Waals surface area contributed by atoms with Gasteiger partial charge < -0.3 is 5.73 Å². The van der Waals surface area contributed by atoms with Gasteiger partial charge in [-0.05, 0) is 17.4 Å². The quantitative estimate of drug-likeness (QED) is 0.606. The van der Waals surface area contributed by atoms with Crippen LogP contribution in [0.1, 0.15) is 51.4 Å². The van der Waals surface area contributed by atoms with E-state index in [1.165, 1.54) is 0 Å². The van der Waals surface area contributed by atoms with Gasteiger partial charge in [0.1, 0.15) is 5.84 Å². The maximum absolute atomic E-state index is 12.8. The van der Waals surface area contributed by atoms with Crippen LogP contribution in [0, 0.1) is 5.92 Å². The number of amidine groups is 1. The van der Waals surface area contributed by atoms with Gasteiger partial charge >= 0.3 is 0 Å². The van der Waals surface area contributed by atoms with Gasteiger partial charge in [-0.2, -0.15) is 0 Å². The summed E-state index contributed by atoms with van der Waals surface area (Å²) in [4.78, 5) is 17.2. The molecule has 2 aliphatic rings. The van der Waals surface area contributed by atoms with E-state index in [1.807, 2.05) is 76.3 Å². The summed E-state index contributed by atoms with van der Waals surface area (Å²) in [5.41, 5.74) is 9.41. The van der Waals surface area contributed by atoms with Crippen molar-refractivity contribution in [3.63, 3.8) is 0 Å². The normalized spacial score (nSPS) is 16.5. The summed E-state index contributed by atoms with van der Waals surface area (Å²) in [7, 11) is 0. The first kappa shape index (κ1) is 23.7. The standard InChI is InChI=1S/C20H20N2OS.2C2H6/c1-14(18-12-24-13-19(21)22-18)16-9-5-6-10-17(11-16)20(23)15-7-3-2-4-8-15;2*1-2/h2-9,11-12,14H,10,13H2,1H3,(H2,21,22);2*1-2H3. The lowest BCUT2D eigenvalue weighted by atomic mass is 9.93. The SMILES string of the molecule is CC.CC.CC(C1=CC=CCC(C(=O)c2ccccc2)=C1)C1=CSCC(N)=N1. The predicted octanol–water partition coefficient (Wildman–Crippen LogP) is 6.32. The van der Waals surface area contributed by atoms with Gasteiger partial charge in [-0.1, -0.05) is 89.3 Å². The molecule has 0 saturated heterocycles. The molecule has 3 rings (SSSR count). The number of ketones is 1. The molecule has 1 aromatic carbocycles. The van der Waals surface area contributed by atoms with E-state index in [2.05, 4.69) is 23.4 Å². The minimum absolute atomic E-state index is 0.0789. The van der Waals surface area contributed by atoms with Crippen molar-refractivity contribution in [2.24, 2.45) is 16.6 Å². The Kier molecular flexibility index (Phi) is 11.0. The third-order valence-electron chi connectivity index (χ3n) is 4.08. The zero-order valence-corrected chi connectivity index (χ0v) is 18.4. The van der Waals surface area contributed by atoms with Crippen LogP contribution < -0.4 is 5.73 Å². The van der Waals surface area contributed by atoms with Gasteiger partial charge in [0.15, 0.2) is 5.78 Å². The fourth-order valence-electron chi connectivity index (χ4n) is 2.69. The summed E-state index contributed by atoms with van der Waals surface area (Å²) in [6, 6.07) is 9.41. The van der Waals surface area contributed by atoms with E-state index in [4.69, 9.17) is 5.73 Å². The highest BCUT2D eigenvalue weighted by molar-refractivity contribution is 8.02. The van der Waals surface area contributed by atoms with E-state index >= 15 is 0 Å². The average molecular weight is 397 g/mol. The van der Waals surface area contributed by atoms with Crippen molar-refractivity contribution in [2.75, 3.05) is 5.75 Å². The van der Waals surface area contributed by atoms with Crippen molar-refractivity contribution in [1.82, 2.24) is 0 Å². The Bertz CT molecular complexity index is 786. The van der Waals surface area contributed by atoms with Crippen LogP contribution in [0.15, 0.2) is 81.9 Å². The Labute approximate surface area is 174 Å². The summed E-state index contributed by atoms with van der Waals surface area (Å²) in [6.45, 7) is 10.1. The maximum atomic E-state index is 12.8. The topological polar surface area (TPSA) is 55.5 Å². The number of hydrogen-bond donors (Lipinski definition) is 1. The summed E-state index contributed by atoms with van der Waals surface area (Å²) in [5.74, 6) is 1.56. The number of rotatable bonds is 4. The van der Waals surface area contributed by atoms with E-state index in [0.29, 0.717) is 12.3 Å². The number of hydrogen-bond acceptors (Lipinski definition) is 4. The zero-order valence-electron chi connectivity index (χ0n) is 17.6. The third-order valence-corrected chi connectivity index (χ3v) is 4.95. The van der Waals surface area contributed by atoms with Crippen molar-refractivity contribution >= 4 is 23.4 Å². The number of aliphatic imine (C=N–C) groups is 1. The second-order valence-corrected chi connectivity index (χ2v) is 6.70. The van der Waals surface area contributed by atoms with E-state index in [9.17, 15) is 4.79 Å². The molecule has 1 aromatic rings. The number of thioether (sulfide) groups is 1. The van der Waals surface area contributed by atoms with Crippen molar-refractivity contribution in [3.05, 3.63) is 82.5 Å². The molecule has 150 valence electrons. The van der Waals surface area contributed by atoms with Crippen LogP contribution in [0.25, 0.3) is 0 Å². The fraction of sp³-hybridized carbons (Fsp3) is 0.333. The Hall–Kier alpha value is -2.33. The van der Waals surface area contributed by atoms with E-state index in [1.54, 1.807) is 11.8 Å². The molecule has 1 heterocycles. The number of nitrogens with zero attached hydrogens (tertiary/aromatic N) is 1. The first-order valence-corrected chi connectivity index (χ1v) is 11.0. The summed E-state index contributed by atoms with van der Waals surface area (Å²) < 4.78 is 0. The molecule has 0 bridgehead atoms. The van der Waals surface area contributed by atoms with Gasteiger partial charge in [0.2, 0.25) is 0 Å². The summed E-state index contributed by atoms with van der Waals surface area (Å²) in [6.07, 6.45) is 8.73. The van der Waals surface area contributed by atoms with Crippen molar-refractivity contribution in [3.8, 4) is 0 Å². The van der Waals surface area contributed by atoms with Crippen LogP contribution in [0.3, 0.4) is 0 Å². The molecule has 0 aromatic heterocycles. The molecule has 28 heavy (non-hydrogen) atoms. The number of benzene rings is 1. The van der Waals surface area contributed by atoms with Gasteiger partial charge in [0.05, 0.1) is 11.4 Å². The third kappa shape index (κ3) is 6.68. The van der Waals surface area contributed by atoms with Crippen LogP contribution >= 0.6 is 11.8 Å². The number of carbonyl (C=O) groups excluding carboxylic acids is 1. The Morgan fingerprint density at radius 3 is 2.46 bits per heavy atom. The van der Waals surface area contributed by atoms with E-state index in [0.717, 1.165) is 28.2 Å². The van der Waals surface area contributed by atoms with E-state index < -0.39 is 0 Å². The summed E-state index contributed by atoms with van der Waals surface area (Å²) in [5, 5.41) is 2.06. The smallest absolute Gasteiger partial charge is 0.189 e. The van der Waals surface area contributed by atoms with Crippen LogP contribution in [0.4, 0.5) is 0 Å².